The van der Waals surface area contributed by atoms with Crippen LogP contribution in [-0.4, -0.2) is 43.5 Å². The number of anilines is 3. The first kappa shape index (κ1) is 26.1. The van der Waals surface area contributed by atoms with Crippen molar-refractivity contribution in [2.45, 2.75) is 29.7 Å². The summed E-state index contributed by atoms with van der Waals surface area (Å²) < 4.78 is 30.7. The lowest BCUT2D eigenvalue weighted by molar-refractivity contribution is -0.120. The Labute approximate surface area is 226 Å². The van der Waals surface area contributed by atoms with Gasteiger partial charge in [-0.1, -0.05) is 17.7 Å². The van der Waals surface area contributed by atoms with Crippen molar-refractivity contribution in [2.24, 2.45) is 5.92 Å². The van der Waals surface area contributed by atoms with E-state index in [9.17, 15) is 18.0 Å². The number of sulfone groups is 1. The van der Waals surface area contributed by atoms with Crippen molar-refractivity contribution in [2.75, 3.05) is 28.6 Å². The third kappa shape index (κ3) is 5.99. The highest BCUT2D eigenvalue weighted by molar-refractivity contribution is 7.91. The summed E-state index contributed by atoms with van der Waals surface area (Å²) in [6.45, 7) is 3.07. The summed E-state index contributed by atoms with van der Waals surface area (Å²) in [5.41, 5.74) is 2.19. The van der Waals surface area contributed by atoms with Gasteiger partial charge in [-0.2, -0.15) is 0 Å². The minimum Gasteiger partial charge on any atom is -0.459 e. The van der Waals surface area contributed by atoms with E-state index in [1.54, 1.807) is 66.7 Å². The molecule has 0 spiro atoms. The van der Waals surface area contributed by atoms with Crippen LogP contribution in [0.15, 0.2) is 93.4 Å². The second-order valence-electron chi connectivity index (χ2n) is 9.31. The standard InChI is InChI=1S/C28H27N5O5S/c1-19-4-10-23(11-5-19)39(36,37)26-13-12-25(31-32-26)33-16-14-20(15-17-33)27(34)29-21-6-8-22(9-7-21)30-28(35)24-3-2-18-38-24/h2-13,18,20H,14-17H2,1H3,(H,29,34)(H,30,35). The molecule has 0 atom stereocenters. The normalized spacial score (nSPS) is 14.1. The van der Waals surface area contributed by atoms with E-state index in [2.05, 4.69) is 20.8 Å². The molecule has 39 heavy (non-hydrogen) atoms. The SMILES string of the molecule is Cc1ccc(S(=O)(=O)c2ccc(N3CCC(C(=O)Nc4ccc(NC(=O)c5ccco5)cc4)CC3)nn2)cc1. The van der Waals surface area contributed by atoms with Gasteiger partial charge in [-0.25, -0.2) is 8.42 Å². The van der Waals surface area contributed by atoms with Gasteiger partial charge in [0, 0.05) is 30.4 Å². The average molecular weight is 546 g/mol. The maximum Gasteiger partial charge on any atom is 0.291 e. The molecule has 1 fully saturated rings. The number of aromatic nitrogens is 2. The van der Waals surface area contributed by atoms with Crippen LogP contribution < -0.4 is 15.5 Å². The molecule has 3 heterocycles. The van der Waals surface area contributed by atoms with E-state index >= 15 is 0 Å². The molecule has 1 aliphatic rings. The van der Waals surface area contributed by atoms with E-state index in [0.29, 0.717) is 43.1 Å². The summed E-state index contributed by atoms with van der Waals surface area (Å²) in [5.74, 6) is 0.189. The molecule has 0 saturated carbocycles. The first-order valence-electron chi connectivity index (χ1n) is 12.5. The minimum atomic E-state index is -3.74. The summed E-state index contributed by atoms with van der Waals surface area (Å²) in [6.07, 6.45) is 2.67. The second kappa shape index (κ2) is 11.1. The minimum absolute atomic E-state index is 0.0763. The van der Waals surface area contributed by atoms with Gasteiger partial charge in [0.15, 0.2) is 16.6 Å². The third-order valence-electron chi connectivity index (χ3n) is 6.58. The van der Waals surface area contributed by atoms with Crippen molar-refractivity contribution < 1.29 is 22.4 Å². The first-order valence-corrected chi connectivity index (χ1v) is 13.9. The van der Waals surface area contributed by atoms with Gasteiger partial charge < -0.3 is 20.0 Å². The first-order chi connectivity index (χ1) is 18.8. The molecule has 200 valence electrons. The molecule has 0 bridgehead atoms. The van der Waals surface area contributed by atoms with Crippen LogP contribution in [0.4, 0.5) is 17.2 Å². The predicted molar refractivity (Wildman–Crippen MR) is 145 cm³/mol. The zero-order valence-electron chi connectivity index (χ0n) is 21.2. The summed E-state index contributed by atoms with van der Waals surface area (Å²) in [4.78, 5) is 27.1. The van der Waals surface area contributed by atoms with Crippen molar-refractivity contribution in [1.29, 1.82) is 0 Å². The highest BCUT2D eigenvalue weighted by Gasteiger charge is 2.27. The van der Waals surface area contributed by atoms with E-state index in [1.807, 2.05) is 11.8 Å². The number of benzene rings is 2. The molecule has 1 saturated heterocycles. The van der Waals surface area contributed by atoms with Gasteiger partial charge >= 0.3 is 0 Å². The quantitative estimate of drug-likeness (QED) is 0.351. The number of hydrogen-bond donors (Lipinski definition) is 2. The molecule has 2 aromatic heterocycles. The van der Waals surface area contributed by atoms with E-state index in [1.165, 1.54) is 12.3 Å². The third-order valence-corrected chi connectivity index (χ3v) is 8.24. The maximum atomic E-state index is 12.8. The Bertz CT molecular complexity index is 1540. The molecular formula is C28H27N5O5S. The Balaban J connectivity index is 1.13. The molecule has 10 nitrogen and oxygen atoms in total. The molecule has 11 heteroatoms. The number of amides is 2. The average Bonchev–Trinajstić information content (AvgIpc) is 3.50. The highest BCUT2D eigenvalue weighted by Crippen LogP contribution is 2.25. The summed E-state index contributed by atoms with van der Waals surface area (Å²) >= 11 is 0. The maximum absolute atomic E-state index is 12.8. The number of furan rings is 1. The van der Waals surface area contributed by atoms with Gasteiger partial charge in [-0.05, 0) is 80.4 Å². The Hall–Kier alpha value is -4.51. The Morgan fingerprint density at radius 2 is 1.54 bits per heavy atom. The van der Waals surface area contributed by atoms with E-state index in [4.69, 9.17) is 4.42 Å². The van der Waals surface area contributed by atoms with Gasteiger partial charge in [-0.3, -0.25) is 9.59 Å². The summed E-state index contributed by atoms with van der Waals surface area (Å²) in [7, 11) is -3.74. The number of aryl methyl sites for hydroxylation is 1. The highest BCUT2D eigenvalue weighted by atomic mass is 32.2. The fourth-order valence-electron chi connectivity index (χ4n) is 4.32. The summed E-state index contributed by atoms with van der Waals surface area (Å²) in [5, 5.41) is 13.7. The van der Waals surface area contributed by atoms with Crippen LogP contribution in [-0.2, 0) is 14.6 Å². The predicted octanol–water partition coefficient (Wildman–Crippen LogP) is 4.32. The second-order valence-corrected chi connectivity index (χ2v) is 11.2. The smallest absolute Gasteiger partial charge is 0.291 e. The van der Waals surface area contributed by atoms with Crippen molar-refractivity contribution in [3.05, 3.63) is 90.4 Å². The van der Waals surface area contributed by atoms with Gasteiger partial charge in [0.25, 0.3) is 5.91 Å². The Morgan fingerprint density at radius 1 is 0.872 bits per heavy atom. The van der Waals surface area contributed by atoms with Crippen LogP contribution in [0.5, 0.6) is 0 Å². The van der Waals surface area contributed by atoms with E-state index in [-0.39, 0.29) is 33.4 Å². The number of carbonyl (C=O) groups is 2. The van der Waals surface area contributed by atoms with Crippen molar-refractivity contribution in [3.8, 4) is 0 Å². The molecule has 4 aromatic rings. The largest absolute Gasteiger partial charge is 0.459 e. The molecule has 0 aliphatic carbocycles. The number of nitrogens with zero attached hydrogens (tertiary/aromatic N) is 3. The number of nitrogens with one attached hydrogen (secondary N) is 2. The number of hydrogen-bond acceptors (Lipinski definition) is 8. The van der Waals surface area contributed by atoms with Crippen molar-refractivity contribution in [1.82, 2.24) is 10.2 Å². The zero-order chi connectivity index (χ0) is 27.4. The lowest BCUT2D eigenvalue weighted by Crippen LogP contribution is -2.38. The Morgan fingerprint density at radius 3 is 2.13 bits per heavy atom. The number of piperidine rings is 1. The fourth-order valence-corrected chi connectivity index (χ4v) is 5.45. The fraction of sp³-hybridized carbons (Fsp3) is 0.214. The summed E-state index contributed by atoms with van der Waals surface area (Å²) in [6, 6.07) is 19.8. The molecule has 0 radical (unpaired) electrons. The van der Waals surface area contributed by atoms with Gasteiger partial charge in [0.2, 0.25) is 15.7 Å². The van der Waals surface area contributed by atoms with Gasteiger partial charge in [0.1, 0.15) is 0 Å². The van der Waals surface area contributed by atoms with Crippen LogP contribution in [0, 0.1) is 12.8 Å². The molecule has 1 aliphatic heterocycles. The van der Waals surface area contributed by atoms with E-state index in [0.717, 1.165) is 5.56 Å². The molecule has 5 rings (SSSR count). The lowest BCUT2D eigenvalue weighted by Gasteiger charge is -2.31. The topological polar surface area (TPSA) is 134 Å². The van der Waals surface area contributed by atoms with Crippen LogP contribution in [0.1, 0.15) is 29.0 Å². The number of carbonyl (C=O) groups excluding carboxylic acids is 2. The molecule has 2 N–H and O–H groups in total. The van der Waals surface area contributed by atoms with Crippen molar-refractivity contribution in [3.63, 3.8) is 0 Å². The van der Waals surface area contributed by atoms with Crippen LogP contribution in [0.3, 0.4) is 0 Å². The van der Waals surface area contributed by atoms with E-state index < -0.39 is 9.84 Å². The molecule has 0 unspecified atom stereocenters. The van der Waals surface area contributed by atoms with Gasteiger partial charge in [-0.15, -0.1) is 10.2 Å². The van der Waals surface area contributed by atoms with Crippen molar-refractivity contribution >= 4 is 38.8 Å². The lowest BCUT2D eigenvalue weighted by atomic mass is 9.96. The molecular weight excluding hydrogens is 518 g/mol. The molecule has 2 aromatic carbocycles. The van der Waals surface area contributed by atoms with Crippen LogP contribution >= 0.6 is 0 Å². The Kier molecular flexibility index (Phi) is 7.42. The van der Waals surface area contributed by atoms with Crippen LogP contribution in [0.25, 0.3) is 0 Å². The van der Waals surface area contributed by atoms with Crippen LogP contribution in [0.2, 0.25) is 0 Å². The molecule has 2 amide bonds. The number of rotatable bonds is 7. The van der Waals surface area contributed by atoms with Gasteiger partial charge in [0.05, 0.1) is 11.2 Å². The monoisotopic (exact) mass is 545 g/mol. The zero-order valence-corrected chi connectivity index (χ0v) is 22.0.